The van der Waals surface area contributed by atoms with Gasteiger partial charge in [-0.15, -0.1) is 0 Å². The van der Waals surface area contributed by atoms with Gasteiger partial charge in [0.15, 0.2) is 0 Å². The number of hydrogen-bond acceptors (Lipinski definition) is 5. The fourth-order valence-corrected chi connectivity index (χ4v) is 27.6. The zero-order valence-electron chi connectivity index (χ0n) is 38.5. The molecule has 0 radical (unpaired) electrons. The molecule has 0 aromatic heterocycles. The van der Waals surface area contributed by atoms with Gasteiger partial charge in [0.2, 0.25) is 25.0 Å². The van der Waals surface area contributed by atoms with Crippen molar-refractivity contribution in [2.75, 3.05) is 0 Å². The van der Waals surface area contributed by atoms with Crippen molar-refractivity contribution >= 4 is 30.9 Å². The summed E-state index contributed by atoms with van der Waals surface area (Å²) in [7, 11) is -7.04. The quantitative estimate of drug-likeness (QED) is 0.0564. The minimum absolute atomic E-state index is 0.0182. The molecule has 0 amide bonds. The smallest absolute Gasteiger partial charge is 0.330 e. The van der Waals surface area contributed by atoms with Crippen molar-refractivity contribution in [1.82, 2.24) is 0 Å². The molecule has 1 aliphatic rings. The molecule has 8 heteroatoms. The highest BCUT2D eigenvalue weighted by Gasteiger charge is 2.52. The highest BCUT2D eigenvalue weighted by Crippen LogP contribution is 2.48. The maximum Gasteiger partial charge on any atom is 0.330 e. The van der Waals surface area contributed by atoms with E-state index in [1.54, 1.807) is 6.08 Å². The van der Waals surface area contributed by atoms with Gasteiger partial charge in [0.25, 0.3) is 0 Å². The summed E-state index contributed by atoms with van der Waals surface area (Å²) in [6, 6.07) is 0. The molecule has 0 bridgehead atoms. The number of cyclic esters (lactones) is 1. The molecule has 1 rings (SSSR count). The van der Waals surface area contributed by atoms with Gasteiger partial charge in [-0.1, -0.05) is 157 Å². The average Bonchev–Trinajstić information content (AvgIpc) is 3.03. The van der Waals surface area contributed by atoms with Crippen molar-refractivity contribution in [2.45, 2.75) is 257 Å². The highest BCUT2D eigenvalue weighted by molar-refractivity contribution is 6.78. The van der Waals surface area contributed by atoms with Gasteiger partial charge in [0.1, 0.15) is 6.10 Å². The van der Waals surface area contributed by atoms with E-state index in [4.69, 9.17) is 18.0 Å². The van der Waals surface area contributed by atoms with Crippen LogP contribution in [0.1, 0.15) is 183 Å². The van der Waals surface area contributed by atoms with Crippen molar-refractivity contribution in [2.24, 2.45) is 0 Å². The molecule has 0 aliphatic carbocycles. The van der Waals surface area contributed by atoms with Gasteiger partial charge in [0, 0.05) is 25.0 Å². The highest BCUT2D eigenvalue weighted by atomic mass is 28.4. The Morgan fingerprint density at radius 2 is 1.06 bits per heavy atom. The van der Waals surface area contributed by atoms with E-state index in [1.165, 1.54) is 0 Å². The van der Waals surface area contributed by atoms with Crippen LogP contribution in [0.5, 0.6) is 0 Å². The van der Waals surface area contributed by atoms with Crippen molar-refractivity contribution in [3.63, 3.8) is 0 Å². The summed E-state index contributed by atoms with van der Waals surface area (Å²) >= 11 is 0. The van der Waals surface area contributed by atoms with E-state index in [0.717, 1.165) is 51.4 Å². The summed E-state index contributed by atoms with van der Waals surface area (Å²) in [6.45, 7) is 44.9. The fourth-order valence-electron chi connectivity index (χ4n) is 10.9. The zero-order valence-corrected chi connectivity index (χ0v) is 41.5. The van der Waals surface area contributed by atoms with Crippen LogP contribution >= 0.6 is 0 Å². The lowest BCUT2D eigenvalue weighted by atomic mass is 10.0. The minimum Gasteiger partial charge on any atom is -0.459 e. The van der Waals surface area contributed by atoms with Gasteiger partial charge in [-0.25, -0.2) is 4.79 Å². The molecule has 1 unspecified atom stereocenters. The maximum atomic E-state index is 13.8. The predicted molar refractivity (Wildman–Crippen MR) is 239 cm³/mol. The zero-order chi connectivity index (χ0) is 40.9. The van der Waals surface area contributed by atoms with Crippen LogP contribution in [0.4, 0.5) is 0 Å². The molecule has 0 spiro atoms. The number of esters is 1. The van der Waals surface area contributed by atoms with Gasteiger partial charge < -0.3 is 18.0 Å². The molecule has 5 nitrogen and oxygen atoms in total. The van der Waals surface area contributed by atoms with Gasteiger partial charge in [-0.2, -0.15) is 0 Å². The van der Waals surface area contributed by atoms with E-state index in [9.17, 15) is 4.79 Å². The molecule has 1 heterocycles. The number of rotatable bonds is 19. The topological polar surface area (TPSA) is 54.0 Å². The summed E-state index contributed by atoms with van der Waals surface area (Å²) in [5.41, 5.74) is 3.85. The van der Waals surface area contributed by atoms with Gasteiger partial charge in [0.05, 0.1) is 12.2 Å². The van der Waals surface area contributed by atoms with E-state index >= 15 is 0 Å². The standard InChI is InChI=1S/C45H90O5Si3/c1-20-21-23-26-41-27-24-22-25-28-42(48-51(32(2)3,33(4)5)34(6)7)31-44(50-53(38(14)15,39(16)17)40(18)19)43(29-30-45(46)47-41)49-52(35(8)9,36(10)11)37(12)13/h22,24,29-30,32-44H,20-21,23,25-28,31H2,1-19H3/b24-22-,30-29+/t41?,42-,43-,44+/m1/s1. The second-order valence-electron chi connectivity index (χ2n) is 19.4. The summed E-state index contributed by atoms with van der Waals surface area (Å²) in [5.74, 6) is -0.269. The first-order chi connectivity index (χ1) is 24.6. The van der Waals surface area contributed by atoms with Crippen LogP contribution in [0.15, 0.2) is 24.3 Å². The third-order valence-electron chi connectivity index (χ3n) is 13.1. The molecular formula is C45H90O5Si3. The van der Waals surface area contributed by atoms with Crippen LogP contribution < -0.4 is 0 Å². The number of carbonyl (C=O) groups is 1. The van der Waals surface area contributed by atoms with Crippen LogP contribution in [-0.2, 0) is 22.8 Å². The number of allylic oxidation sites excluding steroid dienone is 1. The minimum atomic E-state index is -2.41. The van der Waals surface area contributed by atoms with Crippen LogP contribution in [0.25, 0.3) is 0 Å². The van der Waals surface area contributed by atoms with Gasteiger partial charge in [-0.05, 0) is 81.6 Å². The van der Waals surface area contributed by atoms with Crippen molar-refractivity contribution in [1.29, 1.82) is 0 Å². The summed E-state index contributed by atoms with van der Waals surface area (Å²) in [6.07, 6.45) is 15.2. The molecule has 0 saturated carbocycles. The molecule has 0 aromatic rings. The third kappa shape index (κ3) is 13.0. The molecule has 53 heavy (non-hydrogen) atoms. The lowest BCUT2D eigenvalue weighted by Crippen LogP contribution is -2.57. The van der Waals surface area contributed by atoms with Crippen LogP contribution in [0.3, 0.4) is 0 Å². The van der Waals surface area contributed by atoms with Gasteiger partial charge >= 0.3 is 5.97 Å². The Balaban J connectivity index is 4.22. The summed E-state index contributed by atoms with van der Waals surface area (Å²) in [5, 5.41) is 0. The van der Waals surface area contributed by atoms with E-state index in [-0.39, 0.29) is 30.4 Å². The molecule has 1 aliphatic heterocycles. The summed E-state index contributed by atoms with van der Waals surface area (Å²) in [4.78, 5) is 13.8. The van der Waals surface area contributed by atoms with E-state index < -0.39 is 25.0 Å². The monoisotopic (exact) mass is 795 g/mol. The first-order valence-electron chi connectivity index (χ1n) is 22.1. The van der Waals surface area contributed by atoms with Crippen LogP contribution in [0, 0.1) is 0 Å². The van der Waals surface area contributed by atoms with Crippen molar-refractivity contribution in [3.8, 4) is 0 Å². The molecule has 0 N–H and O–H groups in total. The third-order valence-corrected chi connectivity index (χ3v) is 31.5. The molecule has 312 valence electrons. The second-order valence-corrected chi connectivity index (χ2v) is 35.6. The Hall–Kier alpha value is -0.519. The molecule has 0 aromatic carbocycles. The Kier molecular flexibility index (Phi) is 21.9. The Bertz CT molecular complexity index is 1030. The molecule has 4 atom stereocenters. The number of unbranched alkanes of at least 4 members (excludes halogenated alkanes) is 2. The lowest BCUT2D eigenvalue weighted by molar-refractivity contribution is -0.143. The van der Waals surface area contributed by atoms with Crippen molar-refractivity contribution in [3.05, 3.63) is 24.3 Å². The SMILES string of the molecule is CCCCCC1C/C=C\CC[C@@H](O[Si](C(C)C)(C(C)C)C(C)C)C[C@H](O[Si](C(C)C)(C(C)C)C(C)C)[C@H](O[Si](C(C)C)(C(C)C)C(C)C)/C=C/C(=O)O1. The van der Waals surface area contributed by atoms with E-state index in [0.29, 0.717) is 49.9 Å². The van der Waals surface area contributed by atoms with Crippen molar-refractivity contribution < 1.29 is 22.8 Å². The van der Waals surface area contributed by atoms with Crippen LogP contribution in [0.2, 0.25) is 49.9 Å². The fraction of sp³-hybridized carbons (Fsp3) is 0.889. The Morgan fingerprint density at radius 1 is 0.623 bits per heavy atom. The first kappa shape index (κ1) is 50.5. The largest absolute Gasteiger partial charge is 0.459 e. The average molecular weight is 795 g/mol. The number of carbonyl (C=O) groups excluding carboxylic acids is 1. The first-order valence-corrected chi connectivity index (χ1v) is 28.6. The molecular weight excluding hydrogens is 705 g/mol. The van der Waals surface area contributed by atoms with Gasteiger partial charge in [-0.3, -0.25) is 0 Å². The van der Waals surface area contributed by atoms with E-state index in [2.05, 4.69) is 150 Å². The molecule has 0 saturated heterocycles. The number of hydrogen-bond donors (Lipinski definition) is 0. The van der Waals surface area contributed by atoms with E-state index in [1.807, 2.05) is 0 Å². The lowest BCUT2D eigenvalue weighted by Gasteiger charge is -2.50. The maximum absolute atomic E-state index is 13.8. The van der Waals surface area contributed by atoms with Crippen LogP contribution in [-0.4, -0.2) is 55.3 Å². The Morgan fingerprint density at radius 3 is 1.49 bits per heavy atom. The summed E-state index contributed by atoms with van der Waals surface area (Å²) < 4.78 is 29.7. The molecule has 0 fully saturated rings. The normalized spacial score (nSPS) is 23.4. The predicted octanol–water partition coefficient (Wildman–Crippen LogP) is 14.8. The second kappa shape index (κ2) is 23.0. The Labute approximate surface area is 334 Å². The number of ether oxygens (including phenoxy) is 1.